The third-order valence-electron chi connectivity index (χ3n) is 7.08. The summed E-state index contributed by atoms with van der Waals surface area (Å²) in [5.74, 6) is -0.293. The maximum atomic E-state index is 13.2. The van der Waals surface area contributed by atoms with Gasteiger partial charge in [0, 0.05) is 49.1 Å². The minimum atomic E-state index is -0.176. The Morgan fingerprint density at radius 3 is 2.33 bits per heavy atom. The van der Waals surface area contributed by atoms with Gasteiger partial charge in [0.25, 0.3) is 0 Å². The van der Waals surface area contributed by atoms with Crippen LogP contribution in [-0.2, 0) is 4.79 Å². The van der Waals surface area contributed by atoms with E-state index in [0.29, 0.717) is 29.2 Å². The van der Waals surface area contributed by atoms with Crippen LogP contribution in [0.4, 0.5) is 14.9 Å². The van der Waals surface area contributed by atoms with E-state index in [0.717, 1.165) is 38.9 Å². The van der Waals surface area contributed by atoms with Crippen molar-refractivity contribution in [2.75, 3.05) is 31.1 Å². The molecule has 0 N–H and O–H groups in total. The molecule has 5 nitrogen and oxygen atoms in total. The molecule has 2 unspecified atom stereocenters. The zero-order chi connectivity index (χ0) is 22.8. The van der Waals surface area contributed by atoms with Crippen LogP contribution < -0.4 is 4.90 Å². The van der Waals surface area contributed by atoms with E-state index in [-0.39, 0.29) is 23.8 Å². The molecule has 2 aromatic rings. The summed E-state index contributed by atoms with van der Waals surface area (Å²) < 4.78 is 13.2. The summed E-state index contributed by atoms with van der Waals surface area (Å²) in [6.45, 7) is 3.54. The molecular weight excluding hydrogens is 437 g/mol. The first-order valence-corrected chi connectivity index (χ1v) is 12.8. The van der Waals surface area contributed by atoms with Crippen molar-refractivity contribution in [2.45, 2.75) is 48.6 Å². The molecule has 5 rings (SSSR count). The van der Waals surface area contributed by atoms with Gasteiger partial charge >= 0.3 is 6.03 Å². The van der Waals surface area contributed by atoms with E-state index in [1.807, 2.05) is 59.1 Å². The average Bonchev–Trinajstić information content (AvgIpc) is 3.29. The minimum absolute atomic E-state index is 0.117. The number of urea groups is 1. The van der Waals surface area contributed by atoms with Crippen LogP contribution in [0.1, 0.15) is 42.9 Å². The van der Waals surface area contributed by atoms with Gasteiger partial charge in [0.05, 0.1) is 5.69 Å². The van der Waals surface area contributed by atoms with Crippen molar-refractivity contribution in [1.82, 2.24) is 9.80 Å². The molecule has 174 valence electrons. The predicted octanol–water partition coefficient (Wildman–Crippen LogP) is 5.09. The number of hydrogen-bond donors (Lipinski definition) is 0. The molecule has 0 aromatic heterocycles. The lowest BCUT2D eigenvalue weighted by atomic mass is 10.0. The third kappa shape index (κ3) is 4.94. The Morgan fingerprint density at radius 2 is 1.61 bits per heavy atom. The first kappa shape index (κ1) is 22.4. The van der Waals surface area contributed by atoms with E-state index in [9.17, 15) is 14.0 Å². The normalized spacial score (nSPS) is 25.1. The molecular formula is C26H30FN3O2S. The second-order valence-corrected chi connectivity index (χ2v) is 10.7. The van der Waals surface area contributed by atoms with Gasteiger partial charge in [-0.25, -0.2) is 14.1 Å². The van der Waals surface area contributed by atoms with Gasteiger partial charge in [-0.05, 0) is 55.5 Å². The number of hydrogen-bond acceptors (Lipinski definition) is 4. The van der Waals surface area contributed by atoms with Crippen LogP contribution in [0.15, 0.2) is 54.6 Å². The number of benzene rings is 2. The third-order valence-corrected chi connectivity index (χ3v) is 8.68. The lowest BCUT2D eigenvalue weighted by molar-refractivity contribution is -0.119. The van der Waals surface area contributed by atoms with Crippen molar-refractivity contribution in [3.63, 3.8) is 0 Å². The highest BCUT2D eigenvalue weighted by atomic mass is 32.2. The number of para-hydroxylation sites is 1. The fraction of sp³-hybridized carbons (Fsp3) is 0.462. The topological polar surface area (TPSA) is 43.9 Å². The van der Waals surface area contributed by atoms with E-state index in [4.69, 9.17) is 0 Å². The zero-order valence-corrected chi connectivity index (χ0v) is 19.6. The highest BCUT2D eigenvalue weighted by molar-refractivity contribution is 8.00. The number of imide groups is 1. The van der Waals surface area contributed by atoms with Gasteiger partial charge in [0.1, 0.15) is 5.82 Å². The Labute approximate surface area is 198 Å². The van der Waals surface area contributed by atoms with Gasteiger partial charge in [0.2, 0.25) is 5.91 Å². The van der Waals surface area contributed by atoms with E-state index in [2.05, 4.69) is 4.90 Å². The second kappa shape index (κ2) is 9.85. The number of rotatable bonds is 5. The first-order chi connectivity index (χ1) is 16.1. The summed E-state index contributed by atoms with van der Waals surface area (Å²) in [5.41, 5.74) is 1.88. The van der Waals surface area contributed by atoms with Crippen LogP contribution in [-0.4, -0.2) is 59.2 Å². The standard InChI is InChI=1S/C26H30FN3O2S/c27-20-8-6-19(7-9-20)24-11-10-23(33-24)18-28-15-12-21(13-16-28)29-17-14-25(31)30(26(29)32)22-4-2-1-3-5-22/h1-9,21,23-24H,10-18H2. The molecule has 3 fully saturated rings. The molecule has 0 saturated carbocycles. The SMILES string of the molecule is O=C1CCN(C2CCN(CC3CCC(c4ccc(F)cc4)S3)CC2)C(=O)N1c1ccccc1. The maximum Gasteiger partial charge on any atom is 0.331 e. The molecule has 3 heterocycles. The first-order valence-electron chi connectivity index (χ1n) is 11.9. The Kier molecular flexibility index (Phi) is 6.69. The van der Waals surface area contributed by atoms with Gasteiger partial charge in [-0.2, -0.15) is 0 Å². The van der Waals surface area contributed by atoms with Crippen molar-refractivity contribution in [1.29, 1.82) is 0 Å². The van der Waals surface area contributed by atoms with Crippen molar-refractivity contribution in [3.8, 4) is 0 Å². The van der Waals surface area contributed by atoms with Crippen molar-refractivity contribution >= 4 is 29.4 Å². The highest BCUT2D eigenvalue weighted by Gasteiger charge is 2.38. The number of nitrogens with zero attached hydrogens (tertiary/aromatic N) is 3. The van der Waals surface area contributed by atoms with Crippen molar-refractivity contribution < 1.29 is 14.0 Å². The number of likely N-dealkylation sites (tertiary alicyclic amines) is 1. The molecule has 3 saturated heterocycles. The van der Waals surface area contributed by atoms with Crippen LogP contribution in [0.3, 0.4) is 0 Å². The second-order valence-electron chi connectivity index (χ2n) is 9.20. The monoisotopic (exact) mass is 467 g/mol. The van der Waals surface area contributed by atoms with Crippen LogP contribution in [0.25, 0.3) is 0 Å². The fourth-order valence-corrected chi connectivity index (χ4v) is 6.91. The van der Waals surface area contributed by atoms with E-state index < -0.39 is 0 Å². The summed E-state index contributed by atoms with van der Waals surface area (Å²) >= 11 is 2.02. The average molecular weight is 468 g/mol. The number of carbonyl (C=O) groups is 2. The zero-order valence-electron chi connectivity index (χ0n) is 18.7. The van der Waals surface area contributed by atoms with Gasteiger partial charge in [-0.15, -0.1) is 11.8 Å². The Balaban J connectivity index is 1.13. The Morgan fingerprint density at radius 1 is 0.879 bits per heavy atom. The minimum Gasteiger partial charge on any atom is -0.320 e. The van der Waals surface area contributed by atoms with Gasteiger partial charge in [-0.3, -0.25) is 4.79 Å². The van der Waals surface area contributed by atoms with Gasteiger partial charge < -0.3 is 9.80 Å². The molecule has 0 radical (unpaired) electrons. The summed E-state index contributed by atoms with van der Waals surface area (Å²) in [6, 6.07) is 16.2. The molecule has 2 aromatic carbocycles. The molecule has 0 bridgehead atoms. The molecule has 2 atom stereocenters. The predicted molar refractivity (Wildman–Crippen MR) is 130 cm³/mol. The summed E-state index contributed by atoms with van der Waals surface area (Å²) in [5, 5.41) is 1.06. The summed E-state index contributed by atoms with van der Waals surface area (Å²) in [7, 11) is 0. The smallest absolute Gasteiger partial charge is 0.320 e. The molecule has 0 aliphatic carbocycles. The van der Waals surface area contributed by atoms with Crippen LogP contribution >= 0.6 is 11.8 Å². The molecule has 33 heavy (non-hydrogen) atoms. The molecule has 3 aliphatic rings. The molecule has 3 aliphatic heterocycles. The van der Waals surface area contributed by atoms with E-state index >= 15 is 0 Å². The van der Waals surface area contributed by atoms with Crippen LogP contribution in [0, 0.1) is 5.82 Å². The quantitative estimate of drug-likeness (QED) is 0.615. The number of anilines is 1. The summed E-state index contributed by atoms with van der Waals surface area (Å²) in [4.78, 5) is 31.4. The lowest BCUT2D eigenvalue weighted by Gasteiger charge is -2.42. The number of amides is 3. The molecule has 0 spiro atoms. The number of piperidine rings is 1. The Hall–Kier alpha value is -2.38. The Bertz CT molecular complexity index is 979. The van der Waals surface area contributed by atoms with Gasteiger partial charge in [-0.1, -0.05) is 30.3 Å². The van der Waals surface area contributed by atoms with E-state index in [1.54, 1.807) is 12.1 Å². The fourth-order valence-electron chi connectivity index (χ4n) is 5.29. The van der Waals surface area contributed by atoms with Crippen LogP contribution in [0.5, 0.6) is 0 Å². The van der Waals surface area contributed by atoms with Crippen LogP contribution in [0.2, 0.25) is 0 Å². The molecule has 7 heteroatoms. The summed E-state index contributed by atoms with van der Waals surface area (Å²) in [6.07, 6.45) is 4.60. The number of halogens is 1. The maximum absolute atomic E-state index is 13.2. The largest absolute Gasteiger partial charge is 0.331 e. The van der Waals surface area contributed by atoms with Gasteiger partial charge in [0.15, 0.2) is 0 Å². The van der Waals surface area contributed by atoms with Crippen molar-refractivity contribution in [2.24, 2.45) is 0 Å². The lowest BCUT2D eigenvalue weighted by Crippen LogP contribution is -2.58. The molecule has 3 amide bonds. The highest BCUT2D eigenvalue weighted by Crippen LogP contribution is 2.45. The number of carbonyl (C=O) groups excluding carboxylic acids is 2. The number of thioether (sulfide) groups is 1. The van der Waals surface area contributed by atoms with E-state index in [1.165, 1.54) is 16.9 Å². The van der Waals surface area contributed by atoms with Crippen molar-refractivity contribution in [3.05, 3.63) is 66.0 Å².